The minimum Gasteiger partial charge on any atom is -0.507 e. The maximum Gasteiger partial charge on any atom is 0.271 e. The maximum atomic E-state index is 11.7. The molecule has 5 nitrogen and oxygen atoms in total. The van der Waals surface area contributed by atoms with E-state index in [4.69, 9.17) is 4.42 Å². The molecule has 92 valence electrons. The van der Waals surface area contributed by atoms with Gasteiger partial charge < -0.3 is 9.52 Å². The molecule has 2 rings (SSSR count). The molecule has 1 heterocycles. The summed E-state index contributed by atoms with van der Waals surface area (Å²) in [7, 11) is 0. The van der Waals surface area contributed by atoms with E-state index in [2.05, 4.69) is 10.5 Å². The normalized spacial score (nSPS) is 10.7. The van der Waals surface area contributed by atoms with Crippen LogP contribution < -0.4 is 5.43 Å². The van der Waals surface area contributed by atoms with Gasteiger partial charge in [0.2, 0.25) is 0 Å². The average molecular weight is 356 g/mol. The summed E-state index contributed by atoms with van der Waals surface area (Å²) in [4.78, 5) is 11.7. The van der Waals surface area contributed by atoms with Crippen LogP contribution in [0.25, 0.3) is 0 Å². The van der Waals surface area contributed by atoms with Crippen LogP contribution in [0.2, 0.25) is 0 Å². The summed E-state index contributed by atoms with van der Waals surface area (Å²) in [6.07, 6.45) is 2.91. The molecule has 0 aliphatic rings. The summed E-state index contributed by atoms with van der Waals surface area (Å²) < 4.78 is 5.70. The van der Waals surface area contributed by atoms with Crippen molar-refractivity contribution in [3.8, 4) is 5.75 Å². The molecule has 0 saturated heterocycles. The first kappa shape index (κ1) is 12.6. The second-order valence-corrected chi connectivity index (χ2v) is 4.54. The zero-order valence-corrected chi connectivity index (χ0v) is 11.3. The molecule has 0 radical (unpaired) electrons. The first-order chi connectivity index (χ1) is 8.66. The number of carbonyl (C=O) groups excluding carboxylic acids is 1. The number of nitrogens with one attached hydrogen (secondary N) is 1. The van der Waals surface area contributed by atoms with E-state index in [0.717, 1.165) is 0 Å². The third-order valence-electron chi connectivity index (χ3n) is 2.11. The van der Waals surface area contributed by atoms with Gasteiger partial charge in [0.25, 0.3) is 5.91 Å². The number of furan rings is 1. The van der Waals surface area contributed by atoms with Crippen molar-refractivity contribution in [2.24, 2.45) is 5.10 Å². The quantitative estimate of drug-likeness (QED) is 0.504. The maximum absolute atomic E-state index is 11.7. The van der Waals surface area contributed by atoms with Gasteiger partial charge in [-0.1, -0.05) is 0 Å². The molecule has 0 bridgehead atoms. The first-order valence-electron chi connectivity index (χ1n) is 5.02. The van der Waals surface area contributed by atoms with Gasteiger partial charge in [-0.3, -0.25) is 4.79 Å². The zero-order valence-electron chi connectivity index (χ0n) is 9.13. The number of amides is 1. The number of rotatable bonds is 3. The summed E-state index contributed by atoms with van der Waals surface area (Å²) >= 11 is 1.98. The Morgan fingerprint density at radius 1 is 1.44 bits per heavy atom. The topological polar surface area (TPSA) is 74.8 Å². The van der Waals surface area contributed by atoms with Crippen LogP contribution in [0.4, 0.5) is 0 Å². The molecule has 2 N–H and O–H groups in total. The molecule has 0 spiro atoms. The van der Waals surface area contributed by atoms with E-state index < -0.39 is 5.91 Å². The van der Waals surface area contributed by atoms with Crippen LogP contribution in [0.15, 0.2) is 46.1 Å². The van der Waals surface area contributed by atoms with Gasteiger partial charge in [-0.15, -0.1) is 0 Å². The molecular formula is C12H9IN2O3. The fraction of sp³-hybridized carbons (Fsp3) is 0. The molecule has 1 aromatic carbocycles. The average Bonchev–Trinajstić information content (AvgIpc) is 2.85. The zero-order chi connectivity index (χ0) is 13.0. The highest BCUT2D eigenvalue weighted by Gasteiger charge is 2.06. The van der Waals surface area contributed by atoms with Gasteiger partial charge in [0.05, 0.1) is 16.0 Å². The van der Waals surface area contributed by atoms with Gasteiger partial charge in [0.1, 0.15) is 11.5 Å². The molecule has 0 unspecified atom stereocenters. The fourth-order valence-corrected chi connectivity index (χ4v) is 1.57. The lowest BCUT2D eigenvalue weighted by molar-refractivity contribution is 0.0954. The Bertz CT molecular complexity index is 579. The van der Waals surface area contributed by atoms with Gasteiger partial charge >= 0.3 is 0 Å². The second kappa shape index (κ2) is 5.67. The number of benzene rings is 1. The van der Waals surface area contributed by atoms with Crippen LogP contribution in [0.1, 0.15) is 16.1 Å². The Hall–Kier alpha value is -1.83. The van der Waals surface area contributed by atoms with Crippen LogP contribution >= 0.6 is 22.6 Å². The van der Waals surface area contributed by atoms with E-state index >= 15 is 0 Å². The summed E-state index contributed by atoms with van der Waals surface area (Å²) in [6.45, 7) is 0. The number of phenolic OH excluding ortho intramolecular Hbond substituents is 1. The van der Waals surface area contributed by atoms with Crippen molar-refractivity contribution in [1.82, 2.24) is 5.43 Å². The smallest absolute Gasteiger partial charge is 0.271 e. The van der Waals surface area contributed by atoms with Crippen LogP contribution in [-0.2, 0) is 0 Å². The SMILES string of the molecule is O=C(NN=Cc1ccco1)c1ccc(I)c(O)c1. The predicted octanol–water partition coefficient (Wildman–Crippen LogP) is 2.35. The summed E-state index contributed by atoms with van der Waals surface area (Å²) in [5.74, 6) is 0.212. The lowest BCUT2D eigenvalue weighted by Gasteiger charge is -2.01. The number of carbonyl (C=O) groups is 1. The number of hydrazone groups is 1. The molecule has 0 fully saturated rings. The van der Waals surface area contributed by atoms with Crippen molar-refractivity contribution >= 4 is 34.7 Å². The Morgan fingerprint density at radius 3 is 2.94 bits per heavy atom. The number of hydrogen-bond donors (Lipinski definition) is 2. The van der Waals surface area contributed by atoms with E-state index in [1.54, 1.807) is 24.3 Å². The highest BCUT2D eigenvalue weighted by Crippen LogP contribution is 2.20. The third kappa shape index (κ3) is 3.10. The second-order valence-electron chi connectivity index (χ2n) is 3.38. The van der Waals surface area contributed by atoms with Crippen LogP contribution in [0.3, 0.4) is 0 Å². The van der Waals surface area contributed by atoms with E-state index in [1.807, 2.05) is 22.6 Å². The number of hydrogen-bond acceptors (Lipinski definition) is 4. The largest absolute Gasteiger partial charge is 0.507 e. The van der Waals surface area contributed by atoms with Crippen molar-refractivity contribution in [2.75, 3.05) is 0 Å². The van der Waals surface area contributed by atoms with E-state index in [-0.39, 0.29) is 5.75 Å². The monoisotopic (exact) mass is 356 g/mol. The molecule has 18 heavy (non-hydrogen) atoms. The van der Waals surface area contributed by atoms with Crippen LogP contribution in [0.5, 0.6) is 5.75 Å². The highest BCUT2D eigenvalue weighted by molar-refractivity contribution is 14.1. The van der Waals surface area contributed by atoms with E-state index in [1.165, 1.54) is 18.5 Å². The third-order valence-corrected chi connectivity index (χ3v) is 3.02. The molecule has 0 aliphatic carbocycles. The van der Waals surface area contributed by atoms with Crippen LogP contribution in [0, 0.1) is 3.57 Å². The number of halogens is 1. The van der Waals surface area contributed by atoms with Gasteiger partial charge in [0, 0.05) is 5.56 Å². The minimum absolute atomic E-state index is 0.0678. The van der Waals surface area contributed by atoms with Crippen molar-refractivity contribution in [2.45, 2.75) is 0 Å². The number of phenols is 1. The molecule has 1 amide bonds. The molecule has 6 heteroatoms. The lowest BCUT2D eigenvalue weighted by atomic mass is 10.2. The molecule has 1 aromatic heterocycles. The predicted molar refractivity (Wildman–Crippen MR) is 74.6 cm³/mol. The molecule has 0 aliphatic heterocycles. The van der Waals surface area contributed by atoms with Gasteiger partial charge in [-0.25, -0.2) is 5.43 Å². The van der Waals surface area contributed by atoms with Crippen LogP contribution in [-0.4, -0.2) is 17.2 Å². The first-order valence-corrected chi connectivity index (χ1v) is 6.10. The van der Waals surface area contributed by atoms with Gasteiger partial charge in [0.15, 0.2) is 0 Å². The van der Waals surface area contributed by atoms with Gasteiger partial charge in [-0.2, -0.15) is 5.10 Å². The lowest BCUT2D eigenvalue weighted by Crippen LogP contribution is -2.17. The van der Waals surface area contributed by atoms with E-state index in [0.29, 0.717) is 14.9 Å². The molecular weight excluding hydrogens is 347 g/mol. The standard InChI is InChI=1S/C12H9IN2O3/c13-10-4-3-8(6-11(10)16)12(17)15-14-7-9-2-1-5-18-9/h1-7,16H,(H,15,17). The Kier molecular flexibility index (Phi) is 3.98. The number of nitrogens with zero attached hydrogens (tertiary/aromatic N) is 1. The minimum atomic E-state index is -0.399. The van der Waals surface area contributed by atoms with Crippen molar-refractivity contribution in [3.05, 3.63) is 51.5 Å². The summed E-state index contributed by atoms with van der Waals surface area (Å²) in [6, 6.07) is 8.09. The van der Waals surface area contributed by atoms with Gasteiger partial charge in [-0.05, 0) is 52.9 Å². The Labute approximate surface area is 117 Å². The molecule has 0 saturated carbocycles. The Balaban J connectivity index is 2.01. The number of aromatic hydroxyl groups is 1. The van der Waals surface area contributed by atoms with Crippen molar-refractivity contribution in [3.63, 3.8) is 0 Å². The summed E-state index contributed by atoms with van der Waals surface area (Å²) in [5.41, 5.74) is 2.68. The highest BCUT2D eigenvalue weighted by atomic mass is 127. The van der Waals surface area contributed by atoms with Crippen molar-refractivity contribution < 1.29 is 14.3 Å². The molecule has 2 aromatic rings. The fourth-order valence-electron chi connectivity index (χ4n) is 1.24. The van der Waals surface area contributed by atoms with Crippen molar-refractivity contribution in [1.29, 1.82) is 0 Å². The Morgan fingerprint density at radius 2 is 2.28 bits per heavy atom. The summed E-state index contributed by atoms with van der Waals surface area (Å²) in [5, 5.41) is 13.2. The van der Waals surface area contributed by atoms with E-state index in [9.17, 15) is 9.90 Å². The molecule has 0 atom stereocenters.